The number of rotatable bonds is 19. The lowest BCUT2D eigenvalue weighted by molar-refractivity contribution is -0.908. The normalized spacial score (nSPS) is 13.9. The number of aryl methyl sites for hydroxylation is 1. The lowest BCUT2D eigenvalue weighted by atomic mass is 9.97. The Labute approximate surface area is 260 Å². The van der Waals surface area contributed by atoms with Gasteiger partial charge in [-0.05, 0) is 48.9 Å². The van der Waals surface area contributed by atoms with Crippen LogP contribution < -0.4 is 28.3 Å². The van der Waals surface area contributed by atoms with Crippen molar-refractivity contribution in [2.24, 2.45) is 27.9 Å². The number of likely N-dealkylation sites (N-methyl/N-ethyl adjacent to an activating group) is 1. The second kappa shape index (κ2) is 17.1. The van der Waals surface area contributed by atoms with Gasteiger partial charge in [0.05, 0.1) is 56.7 Å². The highest BCUT2D eigenvalue weighted by molar-refractivity contribution is 5.92. The Morgan fingerprint density at radius 3 is 2.39 bits per heavy atom. The number of fused-ring (bicyclic) bond motifs is 1. The molecule has 0 bridgehead atoms. The Morgan fingerprint density at radius 1 is 0.955 bits per heavy atom. The van der Waals surface area contributed by atoms with Crippen molar-refractivity contribution in [3.63, 3.8) is 0 Å². The van der Waals surface area contributed by atoms with E-state index in [1.54, 1.807) is 6.20 Å². The molecule has 0 aliphatic carbocycles. The van der Waals surface area contributed by atoms with Gasteiger partial charge in [0.1, 0.15) is 0 Å². The van der Waals surface area contributed by atoms with Gasteiger partial charge < -0.3 is 32.7 Å². The van der Waals surface area contributed by atoms with E-state index in [1.807, 2.05) is 60.7 Å². The molecule has 0 aliphatic heterocycles. The van der Waals surface area contributed by atoms with Crippen molar-refractivity contribution in [1.82, 2.24) is 10.3 Å². The zero-order valence-corrected chi connectivity index (χ0v) is 25.8. The van der Waals surface area contributed by atoms with Crippen molar-refractivity contribution < 1.29 is 14.1 Å². The largest absolute Gasteiger partial charge is 0.388 e. The van der Waals surface area contributed by atoms with E-state index in [0.29, 0.717) is 49.7 Å². The van der Waals surface area contributed by atoms with Gasteiger partial charge >= 0.3 is 0 Å². The maximum atomic E-state index is 13.5. The van der Waals surface area contributed by atoms with Crippen LogP contribution >= 0.6 is 0 Å². The van der Waals surface area contributed by atoms with Crippen LogP contribution in [0, 0.1) is 5.41 Å². The summed E-state index contributed by atoms with van der Waals surface area (Å²) >= 11 is 0. The molecule has 0 radical (unpaired) electrons. The number of nitrogens with two attached hydrogens (primary N) is 4. The monoisotopic (exact) mass is 602 g/mol. The fraction of sp³-hybridized carbons (Fsp3) is 0.424. The van der Waals surface area contributed by atoms with Crippen LogP contribution in [0.1, 0.15) is 43.2 Å². The predicted molar refractivity (Wildman–Crippen MR) is 177 cm³/mol. The third kappa shape index (κ3) is 11.7. The Morgan fingerprint density at radius 2 is 1.66 bits per heavy atom. The number of nitrogens with one attached hydrogen (secondary N) is 2. The summed E-state index contributed by atoms with van der Waals surface area (Å²) in [7, 11) is 2.11. The number of nitrogens with zero attached hydrogens (tertiary/aromatic N) is 3. The first-order valence-electron chi connectivity index (χ1n) is 15.2. The number of hydrogen-bond acceptors (Lipinski definition) is 6. The molecule has 1 heterocycles. The van der Waals surface area contributed by atoms with Crippen molar-refractivity contribution in [1.29, 1.82) is 5.41 Å². The number of pyridine rings is 1. The molecule has 236 valence electrons. The first-order chi connectivity index (χ1) is 21.0. The molecule has 10 N–H and O–H groups in total. The number of benzene rings is 2. The molecule has 1 aromatic heterocycles. The molecule has 1 amide bonds. The number of Topliss-reactive ketones (excluding diaryl/α,β-unsaturated/α-hetero) is 1. The van der Waals surface area contributed by atoms with Gasteiger partial charge in [0.15, 0.2) is 11.7 Å². The van der Waals surface area contributed by atoms with Crippen LogP contribution in [0.15, 0.2) is 71.9 Å². The van der Waals surface area contributed by atoms with Crippen LogP contribution in [0.2, 0.25) is 0 Å². The molecule has 2 aromatic carbocycles. The number of carbonyl (C=O) groups excluding carboxylic acids is 2. The van der Waals surface area contributed by atoms with Gasteiger partial charge in [0, 0.05) is 30.8 Å². The van der Waals surface area contributed by atoms with Gasteiger partial charge in [-0.2, -0.15) is 0 Å². The first kappa shape index (κ1) is 34.1. The average Bonchev–Trinajstić information content (AvgIpc) is 2.99. The molecule has 0 aliphatic rings. The van der Waals surface area contributed by atoms with Crippen molar-refractivity contribution in [3.05, 3.63) is 78.0 Å². The maximum Gasteiger partial charge on any atom is 0.237 e. The van der Waals surface area contributed by atoms with Gasteiger partial charge in [0.25, 0.3) is 0 Å². The quantitative estimate of drug-likeness (QED) is 0.0684. The summed E-state index contributed by atoms with van der Waals surface area (Å²) in [5.41, 5.74) is 25.7. The van der Waals surface area contributed by atoms with Gasteiger partial charge in [-0.1, -0.05) is 48.5 Å². The lowest BCUT2D eigenvalue weighted by Crippen LogP contribution is -2.50. The van der Waals surface area contributed by atoms with E-state index in [-0.39, 0.29) is 29.9 Å². The highest BCUT2D eigenvalue weighted by Crippen LogP contribution is 2.15. The van der Waals surface area contributed by atoms with E-state index in [2.05, 4.69) is 22.3 Å². The van der Waals surface area contributed by atoms with E-state index < -0.39 is 12.1 Å². The minimum atomic E-state index is -0.757. The molecule has 3 rings (SSSR count). The summed E-state index contributed by atoms with van der Waals surface area (Å²) < 4.78 is 0.663. The Balaban J connectivity index is 1.62. The van der Waals surface area contributed by atoms with Crippen molar-refractivity contribution in [2.45, 2.75) is 57.0 Å². The zero-order valence-electron chi connectivity index (χ0n) is 25.8. The second-order valence-corrected chi connectivity index (χ2v) is 11.7. The van der Waals surface area contributed by atoms with Crippen molar-refractivity contribution in [3.8, 4) is 0 Å². The minimum absolute atomic E-state index is 0.0484. The third-order valence-corrected chi connectivity index (χ3v) is 7.92. The number of amidine groups is 1. The second-order valence-electron chi connectivity index (χ2n) is 11.7. The number of guanidine groups is 1. The molecule has 1 unspecified atom stereocenters. The Kier molecular flexibility index (Phi) is 13.2. The van der Waals surface area contributed by atoms with Gasteiger partial charge in [0.2, 0.25) is 5.91 Å². The first-order valence-corrected chi connectivity index (χ1v) is 15.2. The molecular weight excluding hydrogens is 554 g/mol. The summed E-state index contributed by atoms with van der Waals surface area (Å²) in [5, 5.41) is 11.5. The molecular formula is C33H48N9O2+. The molecule has 3 aromatic rings. The Hall–Kier alpha value is -4.35. The SMILES string of the molecule is C[N+](CCCC(=N)N)(CCC[C@H](N)C(=O)N[C@@H](CCc1ccccc1)C(=O)Cc1cnc2ccccc2c1)CCN=C(N)N. The summed E-state index contributed by atoms with van der Waals surface area (Å²) in [6, 6.07) is 18.2. The minimum Gasteiger partial charge on any atom is -0.388 e. The molecule has 3 atom stereocenters. The number of ketones is 1. The van der Waals surface area contributed by atoms with E-state index >= 15 is 0 Å². The lowest BCUT2D eigenvalue weighted by Gasteiger charge is -2.34. The van der Waals surface area contributed by atoms with Crippen molar-refractivity contribution in [2.75, 3.05) is 33.2 Å². The van der Waals surface area contributed by atoms with E-state index in [9.17, 15) is 9.59 Å². The van der Waals surface area contributed by atoms with E-state index in [0.717, 1.165) is 41.5 Å². The highest BCUT2D eigenvalue weighted by Gasteiger charge is 2.26. The molecule has 0 saturated heterocycles. The van der Waals surface area contributed by atoms with E-state index in [1.165, 1.54) is 0 Å². The standard InChI is InChI=1S/C33H47N9O2/c1-42(19-8-14-31(35)36,20-17-39-33(37)38)18-7-12-27(34)32(44)41-29(16-15-24-9-3-2-4-10-24)30(43)22-25-21-26-11-5-6-13-28(26)40-23-25/h2-6,9-11,13,21,23,27,29H,7-8,12,14-20,22,34H2,1H3,(H7-,35,36,37,38,39,41,44)/p+1/t27-,29-,42?/m0/s1. The van der Waals surface area contributed by atoms with Gasteiger partial charge in [-0.15, -0.1) is 0 Å². The predicted octanol–water partition coefficient (Wildman–Crippen LogP) is 2.01. The molecule has 11 heteroatoms. The molecule has 44 heavy (non-hydrogen) atoms. The van der Waals surface area contributed by atoms with Crippen molar-refractivity contribution >= 4 is 34.4 Å². The number of para-hydroxylation sites is 1. The fourth-order valence-electron chi connectivity index (χ4n) is 5.32. The van der Waals surface area contributed by atoms with Crippen LogP contribution in [0.25, 0.3) is 10.9 Å². The zero-order chi connectivity index (χ0) is 32.0. The van der Waals surface area contributed by atoms with Crippen LogP contribution in [0.3, 0.4) is 0 Å². The topological polar surface area (TPSA) is 199 Å². The smallest absolute Gasteiger partial charge is 0.237 e. The fourth-order valence-corrected chi connectivity index (χ4v) is 5.32. The molecule has 0 saturated carbocycles. The number of hydrogen-bond donors (Lipinski definition) is 6. The number of aromatic nitrogens is 1. The third-order valence-electron chi connectivity index (χ3n) is 7.92. The summed E-state index contributed by atoms with van der Waals surface area (Å²) in [5.74, 6) is -0.202. The van der Waals surface area contributed by atoms with Crippen LogP contribution in [0.4, 0.5) is 0 Å². The Bertz CT molecular complexity index is 1410. The number of quaternary nitrogens is 1. The van der Waals surface area contributed by atoms with Crippen LogP contribution in [-0.2, 0) is 22.4 Å². The summed E-state index contributed by atoms with van der Waals surface area (Å²) in [6.07, 6.45) is 5.44. The summed E-state index contributed by atoms with van der Waals surface area (Å²) in [4.78, 5) is 35.4. The van der Waals surface area contributed by atoms with E-state index in [4.69, 9.17) is 28.3 Å². The number of carbonyl (C=O) groups is 2. The highest BCUT2D eigenvalue weighted by atomic mass is 16.2. The number of amides is 1. The average molecular weight is 603 g/mol. The molecule has 0 spiro atoms. The van der Waals surface area contributed by atoms with Crippen LogP contribution in [-0.4, -0.2) is 78.3 Å². The maximum absolute atomic E-state index is 13.5. The molecule has 11 nitrogen and oxygen atoms in total. The number of aliphatic imine (C=N–C) groups is 1. The molecule has 0 fully saturated rings. The van der Waals surface area contributed by atoms with Gasteiger partial charge in [-0.3, -0.25) is 20.0 Å². The summed E-state index contributed by atoms with van der Waals surface area (Å²) in [6.45, 7) is 2.73. The van der Waals surface area contributed by atoms with Crippen LogP contribution in [0.5, 0.6) is 0 Å². The van der Waals surface area contributed by atoms with Gasteiger partial charge in [-0.25, -0.2) is 4.99 Å².